The standard InChI is InChI=1S/C29H29N5O/c1-19(2)23-11-13-25(14-12-23)31-29(35)24-9-7-22(8-10-24)18-34-27-26(20(3)17-21(4)30-27)28(32-34)33-15-5-6-16-33/h5-17,19H,18H2,1-4H3,(H,31,35). The van der Waals surface area contributed by atoms with Gasteiger partial charge < -0.3 is 9.88 Å². The molecule has 1 N–H and O–H groups in total. The van der Waals surface area contributed by atoms with Gasteiger partial charge in [0.25, 0.3) is 5.91 Å². The van der Waals surface area contributed by atoms with Gasteiger partial charge in [0.1, 0.15) is 0 Å². The number of rotatable bonds is 6. The van der Waals surface area contributed by atoms with Gasteiger partial charge in [-0.25, -0.2) is 9.67 Å². The number of fused-ring (bicyclic) bond motifs is 1. The van der Waals surface area contributed by atoms with Crippen molar-refractivity contribution in [3.05, 3.63) is 107 Å². The summed E-state index contributed by atoms with van der Waals surface area (Å²) >= 11 is 0. The molecule has 0 aliphatic heterocycles. The summed E-state index contributed by atoms with van der Waals surface area (Å²) in [5.74, 6) is 1.21. The Morgan fingerprint density at radius 3 is 2.31 bits per heavy atom. The van der Waals surface area contributed by atoms with E-state index in [1.807, 2.05) is 77.1 Å². The fraction of sp³-hybridized carbons (Fsp3) is 0.207. The van der Waals surface area contributed by atoms with E-state index in [9.17, 15) is 4.79 Å². The minimum Gasteiger partial charge on any atom is -0.322 e. The van der Waals surface area contributed by atoms with Crippen molar-refractivity contribution >= 4 is 22.6 Å². The zero-order valence-electron chi connectivity index (χ0n) is 20.5. The van der Waals surface area contributed by atoms with Gasteiger partial charge >= 0.3 is 0 Å². The molecular weight excluding hydrogens is 434 g/mol. The number of pyridine rings is 1. The van der Waals surface area contributed by atoms with Crippen LogP contribution in [0.15, 0.2) is 79.1 Å². The largest absolute Gasteiger partial charge is 0.322 e. The van der Waals surface area contributed by atoms with Gasteiger partial charge in [0.2, 0.25) is 0 Å². The SMILES string of the molecule is Cc1cc(C)c2c(-n3cccc3)nn(Cc3ccc(C(=O)Nc4ccc(C(C)C)cc4)cc3)c2n1. The molecule has 35 heavy (non-hydrogen) atoms. The third-order valence-corrected chi connectivity index (χ3v) is 6.24. The van der Waals surface area contributed by atoms with Crippen molar-refractivity contribution in [3.8, 4) is 5.82 Å². The average molecular weight is 464 g/mol. The summed E-state index contributed by atoms with van der Waals surface area (Å²) in [6.07, 6.45) is 3.99. The molecular formula is C29H29N5O. The Morgan fingerprint density at radius 1 is 0.971 bits per heavy atom. The van der Waals surface area contributed by atoms with Crippen molar-refractivity contribution in [1.82, 2.24) is 19.3 Å². The molecule has 176 valence electrons. The number of anilines is 1. The highest BCUT2D eigenvalue weighted by atomic mass is 16.1. The molecule has 0 saturated heterocycles. The smallest absolute Gasteiger partial charge is 0.255 e. The molecule has 3 aromatic heterocycles. The summed E-state index contributed by atoms with van der Waals surface area (Å²) in [6.45, 7) is 8.97. The topological polar surface area (TPSA) is 64.7 Å². The lowest BCUT2D eigenvalue weighted by molar-refractivity contribution is 0.102. The lowest BCUT2D eigenvalue weighted by Gasteiger charge is -2.09. The number of carbonyl (C=O) groups is 1. The van der Waals surface area contributed by atoms with Gasteiger partial charge in [0.05, 0.1) is 11.9 Å². The Kier molecular flexibility index (Phi) is 5.95. The van der Waals surface area contributed by atoms with Gasteiger partial charge in [-0.05, 0) is 78.9 Å². The summed E-state index contributed by atoms with van der Waals surface area (Å²) in [5.41, 5.74) is 6.67. The molecule has 5 aromatic rings. The molecule has 5 rings (SSSR count). The number of aromatic nitrogens is 4. The second-order valence-corrected chi connectivity index (χ2v) is 9.28. The predicted molar refractivity (Wildman–Crippen MR) is 140 cm³/mol. The van der Waals surface area contributed by atoms with Gasteiger partial charge in [-0.1, -0.05) is 38.1 Å². The normalized spacial score (nSPS) is 11.3. The maximum absolute atomic E-state index is 12.7. The molecule has 0 radical (unpaired) electrons. The zero-order valence-corrected chi connectivity index (χ0v) is 20.5. The minimum absolute atomic E-state index is 0.124. The van der Waals surface area contributed by atoms with Gasteiger partial charge in [0.15, 0.2) is 11.5 Å². The van der Waals surface area contributed by atoms with E-state index in [2.05, 4.69) is 44.3 Å². The monoisotopic (exact) mass is 463 g/mol. The first-order chi connectivity index (χ1) is 16.9. The third kappa shape index (κ3) is 4.60. The van der Waals surface area contributed by atoms with Crippen LogP contribution in [0.1, 0.15) is 52.5 Å². The maximum atomic E-state index is 12.7. The molecule has 1 amide bonds. The maximum Gasteiger partial charge on any atom is 0.255 e. The molecule has 6 nitrogen and oxygen atoms in total. The van der Waals surface area contributed by atoms with E-state index in [4.69, 9.17) is 10.1 Å². The molecule has 0 saturated carbocycles. The van der Waals surface area contributed by atoms with E-state index in [0.29, 0.717) is 18.0 Å². The van der Waals surface area contributed by atoms with Crippen LogP contribution in [0.25, 0.3) is 16.9 Å². The lowest BCUT2D eigenvalue weighted by atomic mass is 10.0. The number of hydrogen-bond acceptors (Lipinski definition) is 3. The van der Waals surface area contributed by atoms with Gasteiger partial charge in [0, 0.05) is 29.3 Å². The number of aryl methyl sites for hydroxylation is 2. The Balaban J connectivity index is 1.38. The lowest BCUT2D eigenvalue weighted by Crippen LogP contribution is -2.12. The summed E-state index contributed by atoms with van der Waals surface area (Å²) < 4.78 is 3.96. The molecule has 6 heteroatoms. The molecule has 0 fully saturated rings. The number of amides is 1. The van der Waals surface area contributed by atoms with Crippen LogP contribution in [0, 0.1) is 13.8 Å². The average Bonchev–Trinajstić information content (AvgIpc) is 3.48. The number of benzene rings is 2. The zero-order chi connectivity index (χ0) is 24.5. The number of hydrogen-bond donors (Lipinski definition) is 1. The van der Waals surface area contributed by atoms with Crippen molar-refractivity contribution in [3.63, 3.8) is 0 Å². The van der Waals surface area contributed by atoms with Crippen LogP contribution >= 0.6 is 0 Å². The van der Waals surface area contributed by atoms with Crippen LogP contribution in [0.3, 0.4) is 0 Å². The highest BCUT2D eigenvalue weighted by Gasteiger charge is 2.16. The van der Waals surface area contributed by atoms with Crippen LogP contribution in [-0.2, 0) is 6.54 Å². The van der Waals surface area contributed by atoms with Crippen LogP contribution in [0.4, 0.5) is 5.69 Å². The minimum atomic E-state index is -0.124. The Bertz CT molecular complexity index is 1480. The van der Waals surface area contributed by atoms with Gasteiger partial charge in [-0.2, -0.15) is 5.10 Å². The second kappa shape index (κ2) is 9.22. The fourth-order valence-corrected chi connectivity index (χ4v) is 4.35. The van der Waals surface area contributed by atoms with Gasteiger partial charge in [-0.3, -0.25) is 4.79 Å². The molecule has 0 unspecified atom stereocenters. The molecule has 0 bridgehead atoms. The van der Waals surface area contributed by atoms with E-state index in [-0.39, 0.29) is 5.91 Å². The fourth-order valence-electron chi connectivity index (χ4n) is 4.35. The van der Waals surface area contributed by atoms with E-state index >= 15 is 0 Å². The third-order valence-electron chi connectivity index (χ3n) is 6.24. The second-order valence-electron chi connectivity index (χ2n) is 9.28. The van der Waals surface area contributed by atoms with Crippen molar-refractivity contribution in [2.75, 3.05) is 5.32 Å². The van der Waals surface area contributed by atoms with Crippen LogP contribution in [0.2, 0.25) is 0 Å². The summed E-state index contributed by atoms with van der Waals surface area (Å²) in [5, 5.41) is 8.93. The van der Waals surface area contributed by atoms with Crippen molar-refractivity contribution in [2.24, 2.45) is 0 Å². The van der Waals surface area contributed by atoms with Gasteiger partial charge in [-0.15, -0.1) is 0 Å². The molecule has 0 atom stereocenters. The van der Waals surface area contributed by atoms with E-state index in [0.717, 1.165) is 39.4 Å². The van der Waals surface area contributed by atoms with E-state index in [1.54, 1.807) is 0 Å². The Labute approximate surface area is 205 Å². The molecule has 3 heterocycles. The molecule has 0 spiro atoms. The molecule has 0 aliphatic rings. The molecule has 0 aliphatic carbocycles. The summed E-state index contributed by atoms with van der Waals surface area (Å²) in [7, 11) is 0. The number of carbonyl (C=O) groups excluding carboxylic acids is 1. The van der Waals surface area contributed by atoms with Crippen molar-refractivity contribution in [2.45, 2.75) is 40.2 Å². The Morgan fingerprint density at radius 2 is 1.66 bits per heavy atom. The first-order valence-corrected chi connectivity index (χ1v) is 11.9. The van der Waals surface area contributed by atoms with Crippen LogP contribution < -0.4 is 5.32 Å². The summed E-state index contributed by atoms with van der Waals surface area (Å²) in [6, 6.07) is 21.7. The number of nitrogens with zero attached hydrogens (tertiary/aromatic N) is 4. The highest BCUT2D eigenvalue weighted by molar-refractivity contribution is 6.04. The quantitative estimate of drug-likeness (QED) is 0.323. The van der Waals surface area contributed by atoms with E-state index < -0.39 is 0 Å². The number of nitrogens with one attached hydrogen (secondary N) is 1. The van der Waals surface area contributed by atoms with Crippen LogP contribution in [-0.4, -0.2) is 25.2 Å². The Hall–Kier alpha value is -4.19. The summed E-state index contributed by atoms with van der Waals surface area (Å²) in [4.78, 5) is 17.5. The van der Waals surface area contributed by atoms with Crippen molar-refractivity contribution in [1.29, 1.82) is 0 Å². The van der Waals surface area contributed by atoms with E-state index in [1.165, 1.54) is 5.56 Å². The first-order valence-electron chi connectivity index (χ1n) is 11.9. The first kappa shape index (κ1) is 22.6. The van der Waals surface area contributed by atoms with Crippen molar-refractivity contribution < 1.29 is 4.79 Å². The van der Waals surface area contributed by atoms with Crippen LogP contribution in [0.5, 0.6) is 0 Å². The predicted octanol–water partition coefficient (Wildman–Crippen LogP) is 6.26. The molecule has 2 aromatic carbocycles. The highest BCUT2D eigenvalue weighted by Crippen LogP contribution is 2.26.